The fourth-order valence-electron chi connectivity index (χ4n) is 1.66. The second kappa shape index (κ2) is 9.35. The number of nitrogens with zero attached hydrogens (tertiary/aromatic N) is 1. The van der Waals surface area contributed by atoms with Crippen LogP contribution in [0.2, 0.25) is 0 Å². The van der Waals surface area contributed by atoms with Crippen molar-refractivity contribution in [1.29, 1.82) is 0 Å². The Balaban J connectivity index is 0.000000422. The second-order valence-corrected chi connectivity index (χ2v) is 4.03. The number of non-ortho nitro benzene ring substituents is 1. The highest BCUT2D eigenvalue weighted by Crippen LogP contribution is 2.29. The van der Waals surface area contributed by atoms with Gasteiger partial charge < -0.3 is 19.2 Å². The van der Waals surface area contributed by atoms with E-state index in [1.807, 2.05) is 0 Å². The van der Waals surface area contributed by atoms with E-state index in [0.717, 1.165) is 5.39 Å². The Bertz CT molecular complexity index is 610. The Morgan fingerprint density at radius 3 is 2.68 bits per heavy atom. The number of fused-ring (bicyclic) bond motifs is 1. The lowest BCUT2D eigenvalue weighted by molar-refractivity contribution is -0.383. The first-order valence-electron chi connectivity index (χ1n) is 6.56. The summed E-state index contributed by atoms with van der Waals surface area (Å²) in [6.45, 7) is 3.47. The average molecular weight is 310 g/mol. The van der Waals surface area contributed by atoms with E-state index < -0.39 is 4.92 Å². The average Bonchev–Trinajstić information content (AvgIpc) is 2.96. The standard InChI is InChI=1S/C11H12N2O4.C3H6O2/c1-16-4-5-17-9-6-8-2-3-12-11(8)10(7-9)13(14)15;1-2-5-3-4/h2-3,6-7,12H,4-5H2,1H3;3H,2H2,1H3. The summed E-state index contributed by atoms with van der Waals surface area (Å²) in [5.74, 6) is 0.473. The normalized spacial score (nSPS) is 9.73. The van der Waals surface area contributed by atoms with Crippen LogP contribution in [0.25, 0.3) is 10.9 Å². The number of nitrogens with one attached hydrogen (secondary N) is 1. The fourth-order valence-corrected chi connectivity index (χ4v) is 1.66. The number of hydrogen-bond acceptors (Lipinski definition) is 6. The van der Waals surface area contributed by atoms with Crippen molar-refractivity contribution >= 4 is 23.1 Å². The minimum atomic E-state index is -0.429. The van der Waals surface area contributed by atoms with Gasteiger partial charge in [0.2, 0.25) is 0 Å². The molecule has 0 saturated heterocycles. The van der Waals surface area contributed by atoms with Gasteiger partial charge in [0.05, 0.1) is 24.2 Å². The van der Waals surface area contributed by atoms with Crippen molar-refractivity contribution < 1.29 is 23.9 Å². The summed E-state index contributed by atoms with van der Waals surface area (Å²) in [4.78, 5) is 22.5. The van der Waals surface area contributed by atoms with Gasteiger partial charge in [0, 0.05) is 18.7 Å². The summed E-state index contributed by atoms with van der Waals surface area (Å²) in [6.07, 6.45) is 1.66. The quantitative estimate of drug-likeness (QED) is 0.364. The maximum Gasteiger partial charge on any atom is 0.296 e. The lowest BCUT2D eigenvalue weighted by Gasteiger charge is -2.05. The Hall–Kier alpha value is -2.61. The van der Waals surface area contributed by atoms with Crippen LogP contribution >= 0.6 is 0 Å². The number of nitro groups is 1. The summed E-state index contributed by atoms with van der Waals surface area (Å²) in [6, 6.07) is 4.94. The van der Waals surface area contributed by atoms with Gasteiger partial charge in [-0.3, -0.25) is 14.9 Å². The molecule has 1 heterocycles. The number of aromatic amines is 1. The largest absolute Gasteiger partial charge is 0.491 e. The fraction of sp³-hybridized carbons (Fsp3) is 0.357. The van der Waals surface area contributed by atoms with Crippen LogP contribution in [0, 0.1) is 10.1 Å². The molecule has 1 N–H and O–H groups in total. The first-order chi connectivity index (χ1) is 10.6. The van der Waals surface area contributed by atoms with E-state index >= 15 is 0 Å². The highest BCUT2D eigenvalue weighted by molar-refractivity contribution is 5.89. The molecular weight excluding hydrogens is 292 g/mol. The summed E-state index contributed by atoms with van der Waals surface area (Å²) in [5, 5.41) is 11.7. The van der Waals surface area contributed by atoms with Crippen LogP contribution in [-0.4, -0.2) is 43.3 Å². The molecule has 8 heteroatoms. The molecule has 8 nitrogen and oxygen atoms in total. The number of ether oxygens (including phenoxy) is 3. The molecule has 0 aliphatic heterocycles. The highest BCUT2D eigenvalue weighted by atomic mass is 16.6. The van der Waals surface area contributed by atoms with Gasteiger partial charge in [0.15, 0.2) is 0 Å². The van der Waals surface area contributed by atoms with Crippen LogP contribution in [0.3, 0.4) is 0 Å². The highest BCUT2D eigenvalue weighted by Gasteiger charge is 2.15. The molecule has 1 aromatic heterocycles. The lowest BCUT2D eigenvalue weighted by Crippen LogP contribution is -2.04. The van der Waals surface area contributed by atoms with Crippen molar-refractivity contribution in [2.45, 2.75) is 6.92 Å². The number of nitro benzene ring substituents is 1. The van der Waals surface area contributed by atoms with Crippen LogP contribution in [0.4, 0.5) is 5.69 Å². The van der Waals surface area contributed by atoms with Crippen molar-refractivity contribution in [3.8, 4) is 5.75 Å². The molecule has 0 spiro atoms. The van der Waals surface area contributed by atoms with Crippen LogP contribution in [0.5, 0.6) is 5.75 Å². The smallest absolute Gasteiger partial charge is 0.296 e. The molecule has 0 amide bonds. The Labute approximate surface area is 127 Å². The van der Waals surface area contributed by atoms with Crippen LogP contribution in [0.1, 0.15) is 6.92 Å². The van der Waals surface area contributed by atoms with E-state index in [1.54, 1.807) is 32.4 Å². The first-order valence-corrected chi connectivity index (χ1v) is 6.56. The molecule has 0 radical (unpaired) electrons. The van der Waals surface area contributed by atoms with Gasteiger partial charge in [-0.1, -0.05) is 0 Å². The summed E-state index contributed by atoms with van der Waals surface area (Å²) < 4.78 is 14.4. The topological polar surface area (TPSA) is 104 Å². The van der Waals surface area contributed by atoms with Crippen LogP contribution in [-0.2, 0) is 14.3 Å². The molecule has 0 atom stereocenters. The van der Waals surface area contributed by atoms with Crippen molar-refractivity contribution in [2.75, 3.05) is 26.9 Å². The minimum absolute atomic E-state index is 0.0138. The SMILES string of the molecule is CCOC=O.COCCOc1cc([N+](=O)[O-])c2[nH]ccc2c1. The maximum absolute atomic E-state index is 10.9. The molecule has 1 aromatic carbocycles. The van der Waals surface area contributed by atoms with Crippen molar-refractivity contribution in [3.63, 3.8) is 0 Å². The van der Waals surface area contributed by atoms with Crippen molar-refractivity contribution in [2.24, 2.45) is 0 Å². The van der Waals surface area contributed by atoms with E-state index in [4.69, 9.17) is 9.47 Å². The number of benzene rings is 1. The summed E-state index contributed by atoms with van der Waals surface area (Å²) in [5.41, 5.74) is 0.522. The number of hydrogen-bond donors (Lipinski definition) is 1. The molecule has 0 saturated carbocycles. The van der Waals surface area contributed by atoms with Crippen LogP contribution < -0.4 is 4.74 Å². The van der Waals surface area contributed by atoms with Gasteiger partial charge in [-0.25, -0.2) is 0 Å². The molecule has 2 rings (SSSR count). The Morgan fingerprint density at radius 1 is 1.36 bits per heavy atom. The predicted molar refractivity (Wildman–Crippen MR) is 80.0 cm³/mol. The lowest BCUT2D eigenvalue weighted by atomic mass is 10.2. The molecule has 2 aromatic rings. The predicted octanol–water partition coefficient (Wildman–Crippen LogP) is 2.28. The number of rotatable bonds is 7. The van der Waals surface area contributed by atoms with E-state index in [1.165, 1.54) is 6.07 Å². The number of H-pyrrole nitrogens is 1. The molecule has 0 unspecified atom stereocenters. The zero-order chi connectivity index (χ0) is 16.4. The summed E-state index contributed by atoms with van der Waals surface area (Å²) >= 11 is 0. The summed E-state index contributed by atoms with van der Waals surface area (Å²) in [7, 11) is 1.57. The second-order valence-electron chi connectivity index (χ2n) is 4.03. The molecule has 120 valence electrons. The number of methoxy groups -OCH3 is 1. The number of carbonyl (C=O) groups excluding carboxylic acids is 1. The maximum atomic E-state index is 10.9. The molecule has 0 fully saturated rings. The Morgan fingerprint density at radius 2 is 2.14 bits per heavy atom. The molecule has 0 bridgehead atoms. The monoisotopic (exact) mass is 310 g/mol. The third-order valence-electron chi connectivity index (χ3n) is 2.60. The van der Waals surface area contributed by atoms with E-state index in [9.17, 15) is 14.9 Å². The third kappa shape index (κ3) is 5.06. The van der Waals surface area contributed by atoms with Gasteiger partial charge in [-0.15, -0.1) is 0 Å². The number of aromatic nitrogens is 1. The van der Waals surface area contributed by atoms with E-state index in [-0.39, 0.29) is 5.69 Å². The molecular formula is C14H18N2O6. The van der Waals surface area contributed by atoms with Gasteiger partial charge in [0.25, 0.3) is 12.2 Å². The molecule has 22 heavy (non-hydrogen) atoms. The first kappa shape index (κ1) is 17.4. The van der Waals surface area contributed by atoms with Crippen molar-refractivity contribution in [1.82, 2.24) is 4.98 Å². The molecule has 0 aliphatic rings. The van der Waals surface area contributed by atoms with Gasteiger partial charge in [0.1, 0.15) is 17.9 Å². The minimum Gasteiger partial charge on any atom is -0.491 e. The van der Waals surface area contributed by atoms with Gasteiger partial charge in [-0.2, -0.15) is 0 Å². The van der Waals surface area contributed by atoms with Gasteiger partial charge >= 0.3 is 0 Å². The van der Waals surface area contributed by atoms with E-state index in [2.05, 4.69) is 9.72 Å². The van der Waals surface area contributed by atoms with Crippen LogP contribution in [0.15, 0.2) is 24.4 Å². The van der Waals surface area contributed by atoms with Crippen molar-refractivity contribution in [3.05, 3.63) is 34.5 Å². The zero-order valence-electron chi connectivity index (χ0n) is 12.4. The zero-order valence-corrected chi connectivity index (χ0v) is 12.4. The van der Waals surface area contributed by atoms with E-state index in [0.29, 0.717) is 37.6 Å². The number of carbonyl (C=O) groups is 1. The molecule has 0 aliphatic carbocycles. The Kier molecular flexibility index (Phi) is 7.41. The third-order valence-corrected chi connectivity index (χ3v) is 2.60. The van der Waals surface area contributed by atoms with Gasteiger partial charge in [-0.05, 0) is 19.1 Å².